The van der Waals surface area contributed by atoms with Gasteiger partial charge in [-0.1, -0.05) is 29.8 Å². The number of carbonyl (C=O) groups is 1. The third kappa shape index (κ3) is 2.59. The Bertz CT molecular complexity index is 827. The molecular weight excluding hydrogens is 310 g/mol. The third-order valence-corrected chi connectivity index (χ3v) is 4.31. The molecule has 0 saturated heterocycles. The number of nitrogens with two attached hydrogens (primary N) is 1. The Morgan fingerprint density at radius 2 is 1.83 bits per heavy atom. The first-order chi connectivity index (χ1) is 10.8. The number of hydrogen-bond acceptors (Lipinski definition) is 3. The number of amides is 1. The van der Waals surface area contributed by atoms with Crippen molar-refractivity contribution < 1.29 is 4.79 Å². The lowest BCUT2D eigenvalue weighted by Crippen LogP contribution is -2.41. The second-order valence-electron chi connectivity index (χ2n) is 6.14. The Balaban J connectivity index is 2.36. The first-order valence-electron chi connectivity index (χ1n) is 7.34. The van der Waals surface area contributed by atoms with Crippen molar-refractivity contribution in [3.8, 4) is 0 Å². The van der Waals surface area contributed by atoms with Crippen LogP contribution in [-0.4, -0.2) is 24.2 Å². The van der Waals surface area contributed by atoms with Crippen LogP contribution < -0.4 is 10.6 Å². The fraction of sp³-hybridized carbons (Fsp3) is 0.222. The highest BCUT2D eigenvalue weighted by molar-refractivity contribution is 6.36. The van der Waals surface area contributed by atoms with Gasteiger partial charge < -0.3 is 10.6 Å². The fourth-order valence-electron chi connectivity index (χ4n) is 2.80. The third-order valence-electron chi connectivity index (χ3n) is 3.99. The number of likely N-dealkylation sites (N-methyl/N-ethyl adjacent to an activating group) is 1. The van der Waals surface area contributed by atoms with Gasteiger partial charge in [0.25, 0.3) is 5.91 Å². The predicted octanol–water partition coefficient (Wildman–Crippen LogP) is 3.51. The fourth-order valence-corrected chi connectivity index (χ4v) is 3.03. The van der Waals surface area contributed by atoms with Gasteiger partial charge in [0.15, 0.2) is 0 Å². The molecule has 0 fully saturated rings. The maximum absolute atomic E-state index is 12.7. The van der Waals surface area contributed by atoms with Gasteiger partial charge >= 0.3 is 0 Å². The number of halogens is 1. The molecule has 0 radical (unpaired) electrons. The standard InChI is InChI=1S/C18H18ClN3O/c1-18(2)17(23)22(3)15-9-8-11(20)10-13(15)16(21-18)12-6-4-5-7-14(12)19/h4-10H,20H2,1-3H3. The number of fused-ring (bicyclic) bond motifs is 1. The molecule has 0 bridgehead atoms. The minimum Gasteiger partial charge on any atom is -0.399 e. The molecule has 2 N–H and O–H groups in total. The van der Waals surface area contributed by atoms with Crippen LogP contribution in [0.2, 0.25) is 5.02 Å². The maximum Gasteiger partial charge on any atom is 0.254 e. The van der Waals surface area contributed by atoms with Gasteiger partial charge in [0.2, 0.25) is 0 Å². The van der Waals surface area contributed by atoms with Crippen LogP contribution in [0.25, 0.3) is 0 Å². The van der Waals surface area contributed by atoms with Crippen molar-refractivity contribution >= 4 is 34.6 Å². The highest BCUT2D eigenvalue weighted by Crippen LogP contribution is 2.34. The van der Waals surface area contributed by atoms with Crippen molar-refractivity contribution in [3.05, 3.63) is 58.6 Å². The van der Waals surface area contributed by atoms with E-state index in [9.17, 15) is 4.79 Å². The van der Waals surface area contributed by atoms with Gasteiger partial charge in [-0.3, -0.25) is 9.79 Å². The summed E-state index contributed by atoms with van der Waals surface area (Å²) in [6.45, 7) is 3.61. The Hall–Kier alpha value is -2.33. The van der Waals surface area contributed by atoms with E-state index in [1.807, 2.05) is 36.4 Å². The van der Waals surface area contributed by atoms with Crippen molar-refractivity contribution in [1.82, 2.24) is 0 Å². The molecule has 4 nitrogen and oxygen atoms in total. The predicted molar refractivity (Wildman–Crippen MR) is 95.4 cm³/mol. The number of anilines is 2. The van der Waals surface area contributed by atoms with Crippen LogP contribution in [0.1, 0.15) is 25.0 Å². The molecule has 1 aliphatic rings. The number of rotatable bonds is 1. The van der Waals surface area contributed by atoms with Crippen molar-refractivity contribution in [2.75, 3.05) is 17.7 Å². The van der Waals surface area contributed by atoms with Gasteiger partial charge in [0, 0.05) is 28.9 Å². The molecule has 1 aliphatic heterocycles. The number of benzene rings is 2. The largest absolute Gasteiger partial charge is 0.399 e. The Morgan fingerprint density at radius 3 is 2.52 bits per heavy atom. The van der Waals surface area contributed by atoms with Crippen LogP contribution in [-0.2, 0) is 4.79 Å². The quantitative estimate of drug-likeness (QED) is 0.815. The van der Waals surface area contributed by atoms with Crippen LogP contribution in [0.4, 0.5) is 11.4 Å². The summed E-state index contributed by atoms with van der Waals surface area (Å²) in [6.07, 6.45) is 0. The molecule has 0 aliphatic carbocycles. The molecule has 2 aromatic carbocycles. The van der Waals surface area contributed by atoms with Crippen LogP contribution in [0, 0.1) is 0 Å². The lowest BCUT2D eigenvalue weighted by molar-refractivity contribution is -0.122. The van der Waals surface area contributed by atoms with E-state index < -0.39 is 5.54 Å². The van der Waals surface area contributed by atoms with Crippen molar-refractivity contribution in [2.45, 2.75) is 19.4 Å². The Morgan fingerprint density at radius 1 is 1.13 bits per heavy atom. The summed E-state index contributed by atoms with van der Waals surface area (Å²) in [5.74, 6) is -0.0782. The average Bonchev–Trinajstić information content (AvgIpc) is 2.58. The minimum absolute atomic E-state index is 0.0782. The zero-order valence-electron chi connectivity index (χ0n) is 13.3. The van der Waals surface area contributed by atoms with Crippen LogP contribution in [0.15, 0.2) is 47.5 Å². The van der Waals surface area contributed by atoms with E-state index in [1.54, 1.807) is 31.9 Å². The summed E-state index contributed by atoms with van der Waals surface area (Å²) in [5, 5.41) is 0.590. The number of nitrogen functional groups attached to an aromatic ring is 1. The molecule has 1 amide bonds. The zero-order valence-corrected chi connectivity index (χ0v) is 14.1. The average molecular weight is 328 g/mol. The van der Waals surface area contributed by atoms with Crippen LogP contribution in [0.5, 0.6) is 0 Å². The molecule has 0 saturated carbocycles. The number of aliphatic imine (C=N–C) groups is 1. The van der Waals surface area contributed by atoms with Crippen molar-refractivity contribution in [3.63, 3.8) is 0 Å². The first kappa shape index (κ1) is 15.6. The van der Waals surface area contributed by atoms with Crippen LogP contribution in [0.3, 0.4) is 0 Å². The molecule has 118 valence electrons. The molecule has 0 aromatic heterocycles. The Kier molecular flexibility index (Phi) is 3.65. The van der Waals surface area contributed by atoms with E-state index in [1.165, 1.54) is 0 Å². The first-order valence-corrected chi connectivity index (χ1v) is 7.72. The molecule has 2 aromatic rings. The van der Waals surface area contributed by atoms with Gasteiger partial charge in [0.1, 0.15) is 5.54 Å². The lowest BCUT2D eigenvalue weighted by atomic mass is 9.99. The normalized spacial score (nSPS) is 16.6. The molecule has 0 atom stereocenters. The molecular formula is C18H18ClN3O. The summed E-state index contributed by atoms with van der Waals surface area (Å²) in [6, 6.07) is 12.9. The highest BCUT2D eigenvalue weighted by atomic mass is 35.5. The highest BCUT2D eigenvalue weighted by Gasteiger charge is 2.36. The molecule has 3 rings (SSSR count). The second kappa shape index (κ2) is 5.39. The number of carbonyl (C=O) groups excluding carboxylic acids is 1. The van der Waals surface area contributed by atoms with Crippen molar-refractivity contribution in [1.29, 1.82) is 0 Å². The second-order valence-corrected chi connectivity index (χ2v) is 6.55. The molecule has 1 heterocycles. The van der Waals surface area contributed by atoms with Gasteiger partial charge in [-0.15, -0.1) is 0 Å². The number of nitrogens with zero attached hydrogens (tertiary/aromatic N) is 2. The maximum atomic E-state index is 12.7. The van der Waals surface area contributed by atoms with Gasteiger partial charge in [-0.25, -0.2) is 0 Å². The summed E-state index contributed by atoms with van der Waals surface area (Å²) >= 11 is 6.37. The number of hydrogen-bond donors (Lipinski definition) is 1. The SMILES string of the molecule is CN1C(=O)C(C)(C)N=C(c2ccccc2Cl)c2cc(N)ccc21. The zero-order chi connectivity index (χ0) is 16.8. The van der Waals surface area contributed by atoms with Gasteiger partial charge in [-0.2, -0.15) is 0 Å². The lowest BCUT2D eigenvalue weighted by Gasteiger charge is -2.24. The Labute approximate surface area is 140 Å². The monoisotopic (exact) mass is 327 g/mol. The van der Waals surface area contributed by atoms with Gasteiger partial charge in [-0.05, 0) is 38.1 Å². The molecule has 0 unspecified atom stereocenters. The molecule has 5 heteroatoms. The summed E-state index contributed by atoms with van der Waals surface area (Å²) in [4.78, 5) is 19.1. The molecule has 0 spiro atoms. The summed E-state index contributed by atoms with van der Waals surface area (Å²) in [7, 11) is 1.75. The van der Waals surface area contributed by atoms with E-state index in [2.05, 4.69) is 0 Å². The van der Waals surface area contributed by atoms with Crippen molar-refractivity contribution in [2.24, 2.45) is 4.99 Å². The minimum atomic E-state index is -0.892. The summed E-state index contributed by atoms with van der Waals surface area (Å²) in [5.41, 5.74) is 8.74. The van der Waals surface area contributed by atoms with E-state index in [0.717, 1.165) is 16.8 Å². The molecule has 23 heavy (non-hydrogen) atoms. The smallest absolute Gasteiger partial charge is 0.254 e. The summed E-state index contributed by atoms with van der Waals surface area (Å²) < 4.78 is 0. The number of benzodiazepines with no additional fused rings is 1. The van der Waals surface area contributed by atoms with Gasteiger partial charge in [0.05, 0.1) is 11.4 Å². The van der Waals surface area contributed by atoms with E-state index in [-0.39, 0.29) is 5.91 Å². The van der Waals surface area contributed by atoms with E-state index in [0.29, 0.717) is 16.4 Å². The topological polar surface area (TPSA) is 58.7 Å². The van der Waals surface area contributed by atoms with E-state index >= 15 is 0 Å². The van der Waals surface area contributed by atoms with Crippen LogP contribution >= 0.6 is 11.6 Å². The van der Waals surface area contributed by atoms with E-state index in [4.69, 9.17) is 22.3 Å².